The Morgan fingerprint density at radius 3 is 2.50 bits per heavy atom. The van der Waals surface area contributed by atoms with Crippen molar-refractivity contribution in [2.75, 3.05) is 19.6 Å². The summed E-state index contributed by atoms with van der Waals surface area (Å²) in [6.45, 7) is 7.83. The van der Waals surface area contributed by atoms with Gasteiger partial charge in [-0.15, -0.1) is 0 Å². The van der Waals surface area contributed by atoms with Crippen LogP contribution in [0.3, 0.4) is 0 Å². The van der Waals surface area contributed by atoms with Gasteiger partial charge in [-0.05, 0) is 23.5 Å². The summed E-state index contributed by atoms with van der Waals surface area (Å²) in [7, 11) is 0. The van der Waals surface area contributed by atoms with Crippen LogP contribution in [0, 0.1) is 5.92 Å². The monoisotopic (exact) mass is 214 g/mol. The molecule has 1 aliphatic heterocycles. The molecule has 1 aliphatic rings. The first-order valence-corrected chi connectivity index (χ1v) is 6.01. The summed E-state index contributed by atoms with van der Waals surface area (Å²) in [5.74, 6) is 1.50. The third-order valence-corrected chi connectivity index (χ3v) is 2.98. The van der Waals surface area contributed by atoms with E-state index in [1.807, 2.05) is 0 Å². The second-order valence-electron chi connectivity index (χ2n) is 4.79. The van der Waals surface area contributed by atoms with Crippen LogP contribution in [0.1, 0.15) is 25.8 Å². The zero-order valence-electron chi connectivity index (χ0n) is 10.2. The molecule has 1 radical (unpaired) electrons. The topological polar surface area (TPSA) is 3.24 Å². The van der Waals surface area contributed by atoms with Gasteiger partial charge in [0.25, 0.3) is 0 Å². The lowest BCUT2D eigenvalue weighted by atomic mass is 9.99. The molecule has 1 heteroatoms. The van der Waals surface area contributed by atoms with E-state index < -0.39 is 0 Å². The molecule has 0 N–H and O–H groups in total. The Morgan fingerprint density at radius 2 is 1.94 bits per heavy atom. The van der Waals surface area contributed by atoms with Gasteiger partial charge < -0.3 is 0 Å². The maximum Gasteiger partial charge on any atom is 0.0169 e. The van der Waals surface area contributed by atoms with E-state index in [4.69, 9.17) is 0 Å². The van der Waals surface area contributed by atoms with Crippen molar-refractivity contribution in [1.82, 2.24) is 4.90 Å². The molecule has 0 unspecified atom stereocenters. The Balaban J connectivity index is 1.99. The molecule has 0 fully saturated rings. The van der Waals surface area contributed by atoms with E-state index in [0.717, 1.165) is 13.1 Å². The first-order chi connectivity index (χ1) is 7.75. The average Bonchev–Trinajstić information content (AvgIpc) is 2.30. The molecule has 0 amide bonds. The third-order valence-electron chi connectivity index (χ3n) is 2.98. The Hall–Kier alpha value is -1.08. The molecule has 0 atom stereocenters. The maximum atomic E-state index is 2.50. The van der Waals surface area contributed by atoms with Gasteiger partial charge in [-0.3, -0.25) is 4.90 Å². The lowest BCUT2D eigenvalue weighted by Crippen LogP contribution is -2.31. The second kappa shape index (κ2) is 5.31. The summed E-state index contributed by atoms with van der Waals surface area (Å²) in [6, 6.07) is 10.7. The predicted octanol–water partition coefficient (Wildman–Crippen LogP) is 3.39. The van der Waals surface area contributed by atoms with E-state index in [1.165, 1.54) is 30.0 Å². The minimum atomic E-state index is 1.09. The molecule has 0 bridgehead atoms. The van der Waals surface area contributed by atoms with Crippen molar-refractivity contribution in [3.8, 4) is 0 Å². The summed E-state index contributed by atoms with van der Waals surface area (Å²) in [5.41, 5.74) is 2.89. The summed E-state index contributed by atoms with van der Waals surface area (Å²) in [5, 5.41) is 0. The van der Waals surface area contributed by atoms with E-state index in [1.54, 1.807) is 0 Å². The summed E-state index contributed by atoms with van der Waals surface area (Å²) < 4.78 is 0. The fourth-order valence-electron chi connectivity index (χ4n) is 2.22. The molecular weight excluding hydrogens is 194 g/mol. The van der Waals surface area contributed by atoms with Crippen LogP contribution in [0.15, 0.2) is 36.4 Å². The van der Waals surface area contributed by atoms with E-state index in [9.17, 15) is 0 Å². The van der Waals surface area contributed by atoms with Gasteiger partial charge in [0.2, 0.25) is 0 Å². The Labute approximate surface area is 98.8 Å². The molecule has 1 aromatic rings. The molecule has 1 heterocycles. The largest absolute Gasteiger partial charge is 0.299 e. The van der Waals surface area contributed by atoms with Crippen LogP contribution in [0.4, 0.5) is 0 Å². The lowest BCUT2D eigenvalue weighted by Gasteiger charge is -2.27. The number of hydrogen-bond acceptors (Lipinski definition) is 1. The molecule has 0 spiro atoms. The highest BCUT2D eigenvalue weighted by Gasteiger charge is 2.13. The van der Waals surface area contributed by atoms with Gasteiger partial charge in [-0.2, -0.15) is 0 Å². The van der Waals surface area contributed by atoms with Crippen molar-refractivity contribution in [3.63, 3.8) is 0 Å². The Bertz CT molecular complexity index is 351. The van der Waals surface area contributed by atoms with Crippen molar-refractivity contribution in [1.29, 1.82) is 0 Å². The number of rotatable bonds is 3. The highest BCUT2D eigenvalue weighted by Crippen LogP contribution is 2.22. The fourth-order valence-corrected chi connectivity index (χ4v) is 2.22. The lowest BCUT2D eigenvalue weighted by molar-refractivity contribution is 0.313. The van der Waals surface area contributed by atoms with Gasteiger partial charge in [0, 0.05) is 19.6 Å². The first kappa shape index (κ1) is 11.4. The molecule has 1 aromatic carbocycles. The van der Waals surface area contributed by atoms with E-state index >= 15 is 0 Å². The molecule has 85 valence electrons. The first-order valence-electron chi connectivity index (χ1n) is 6.01. The van der Waals surface area contributed by atoms with Gasteiger partial charge in [0.15, 0.2) is 0 Å². The van der Waals surface area contributed by atoms with Crippen LogP contribution in [0.25, 0.3) is 5.57 Å². The minimum Gasteiger partial charge on any atom is -0.299 e. The van der Waals surface area contributed by atoms with Crippen LogP contribution in [-0.4, -0.2) is 24.5 Å². The molecule has 16 heavy (non-hydrogen) atoms. The van der Waals surface area contributed by atoms with Gasteiger partial charge >= 0.3 is 0 Å². The van der Waals surface area contributed by atoms with Gasteiger partial charge in [-0.25, -0.2) is 0 Å². The molecule has 0 aromatic heterocycles. The molecular formula is C15H20N. The highest BCUT2D eigenvalue weighted by molar-refractivity contribution is 5.66. The SMILES string of the molecule is C[C](C)CN1CC=C(c2ccccc2)CC1. The van der Waals surface area contributed by atoms with Gasteiger partial charge in [0.05, 0.1) is 0 Å². The molecule has 0 aliphatic carbocycles. The van der Waals surface area contributed by atoms with Crippen molar-refractivity contribution >= 4 is 5.57 Å². The second-order valence-corrected chi connectivity index (χ2v) is 4.79. The van der Waals surface area contributed by atoms with E-state index in [0.29, 0.717) is 0 Å². The van der Waals surface area contributed by atoms with Crippen LogP contribution in [-0.2, 0) is 0 Å². The fraction of sp³-hybridized carbons (Fsp3) is 0.400. The van der Waals surface area contributed by atoms with Crippen molar-refractivity contribution < 1.29 is 0 Å². The predicted molar refractivity (Wildman–Crippen MR) is 70.1 cm³/mol. The van der Waals surface area contributed by atoms with Crippen LogP contribution >= 0.6 is 0 Å². The summed E-state index contributed by atoms with van der Waals surface area (Å²) in [4.78, 5) is 2.50. The van der Waals surface area contributed by atoms with Crippen LogP contribution in [0.2, 0.25) is 0 Å². The molecule has 0 saturated carbocycles. The van der Waals surface area contributed by atoms with Crippen LogP contribution in [0.5, 0.6) is 0 Å². The summed E-state index contributed by atoms with van der Waals surface area (Å²) >= 11 is 0. The van der Waals surface area contributed by atoms with E-state index in [-0.39, 0.29) is 0 Å². The van der Waals surface area contributed by atoms with E-state index in [2.05, 4.69) is 55.2 Å². The summed E-state index contributed by atoms with van der Waals surface area (Å²) in [6.07, 6.45) is 3.55. The molecule has 1 nitrogen and oxygen atoms in total. The highest BCUT2D eigenvalue weighted by atomic mass is 15.1. The number of benzene rings is 1. The maximum absolute atomic E-state index is 2.50. The quantitative estimate of drug-likeness (QED) is 0.745. The zero-order valence-corrected chi connectivity index (χ0v) is 10.2. The Kier molecular flexibility index (Phi) is 3.79. The standard InChI is InChI=1S/C15H20N/c1-13(2)12-16-10-8-15(9-11-16)14-6-4-3-5-7-14/h3-8H,9-12H2,1-2H3. The zero-order chi connectivity index (χ0) is 11.4. The van der Waals surface area contributed by atoms with Gasteiger partial charge in [-0.1, -0.05) is 50.3 Å². The smallest absolute Gasteiger partial charge is 0.0169 e. The van der Waals surface area contributed by atoms with Crippen molar-refractivity contribution in [2.24, 2.45) is 0 Å². The van der Waals surface area contributed by atoms with Gasteiger partial charge in [0.1, 0.15) is 0 Å². The normalized spacial score (nSPS) is 17.6. The van der Waals surface area contributed by atoms with Crippen LogP contribution < -0.4 is 0 Å². The van der Waals surface area contributed by atoms with Crippen molar-refractivity contribution in [2.45, 2.75) is 20.3 Å². The minimum absolute atomic E-state index is 1.09. The Morgan fingerprint density at radius 1 is 1.19 bits per heavy atom. The van der Waals surface area contributed by atoms with Crippen molar-refractivity contribution in [3.05, 3.63) is 47.9 Å². The number of nitrogens with zero attached hydrogens (tertiary/aromatic N) is 1. The third kappa shape index (κ3) is 2.96. The average molecular weight is 214 g/mol. The molecule has 2 rings (SSSR count). The number of hydrogen-bond donors (Lipinski definition) is 0. The molecule has 0 saturated heterocycles.